The molecule has 0 aliphatic rings. The maximum absolute atomic E-state index is 12.3. The molecule has 1 amide bonds. The molecule has 3 rings (SSSR count). The van der Waals surface area contributed by atoms with E-state index in [-0.39, 0.29) is 11.2 Å². The Morgan fingerprint density at radius 3 is 2.83 bits per heavy atom. The molecule has 4 nitrogen and oxygen atoms in total. The summed E-state index contributed by atoms with van der Waals surface area (Å²) in [6.07, 6.45) is 0. The fraction of sp³-hybridized carbons (Fsp3) is 0.118. The summed E-state index contributed by atoms with van der Waals surface area (Å²) in [6, 6.07) is 13.7. The van der Waals surface area contributed by atoms with Gasteiger partial charge in [0.2, 0.25) is 5.91 Å². The first-order chi connectivity index (χ1) is 11.7. The van der Waals surface area contributed by atoms with Crippen LogP contribution in [0.15, 0.2) is 51.5 Å². The minimum Gasteiger partial charge on any atom is -0.316 e. The number of nitrogens with one attached hydrogen (secondary N) is 1. The Hall–Kier alpha value is -2.14. The predicted octanol–water partition coefficient (Wildman–Crippen LogP) is 4.86. The smallest absolute Gasteiger partial charge is 0.238 e. The van der Waals surface area contributed by atoms with Gasteiger partial charge in [-0.05, 0) is 18.4 Å². The first-order valence-electron chi connectivity index (χ1n) is 7.13. The summed E-state index contributed by atoms with van der Waals surface area (Å²) in [6.45, 7) is 1.84. The fourth-order valence-electron chi connectivity index (χ4n) is 1.97. The molecule has 24 heavy (non-hydrogen) atoms. The Bertz CT molecular complexity index is 880. The number of carbonyl (C=O) groups excluding carboxylic acids is 1. The van der Waals surface area contributed by atoms with E-state index in [9.17, 15) is 4.79 Å². The Balaban J connectivity index is 1.65. The first-order valence-corrected chi connectivity index (χ1v) is 9.77. The molecule has 0 saturated heterocycles. The fourth-order valence-corrected chi connectivity index (χ4v) is 4.68. The van der Waals surface area contributed by atoms with Crippen LogP contribution in [0.3, 0.4) is 0 Å². The second kappa shape index (κ2) is 7.62. The van der Waals surface area contributed by atoms with Crippen molar-refractivity contribution in [1.29, 1.82) is 5.26 Å². The second-order valence-corrected chi connectivity index (χ2v) is 8.25. The molecule has 0 aliphatic carbocycles. The molecule has 7 heteroatoms. The van der Waals surface area contributed by atoms with Gasteiger partial charge in [0.05, 0.1) is 16.5 Å². The third-order valence-electron chi connectivity index (χ3n) is 3.22. The Labute approximate surface area is 152 Å². The molecule has 3 aromatic rings. The molecule has 2 heterocycles. The minimum absolute atomic E-state index is 0.129. The summed E-state index contributed by atoms with van der Waals surface area (Å²) in [5.41, 5.74) is 2.47. The number of aromatic nitrogens is 1. The molecule has 0 aliphatic heterocycles. The number of nitrogens with zero attached hydrogens (tertiary/aromatic N) is 2. The van der Waals surface area contributed by atoms with Gasteiger partial charge in [0, 0.05) is 10.9 Å². The van der Waals surface area contributed by atoms with Crippen molar-refractivity contribution in [1.82, 2.24) is 4.98 Å². The third kappa shape index (κ3) is 3.85. The largest absolute Gasteiger partial charge is 0.316 e. The van der Waals surface area contributed by atoms with Gasteiger partial charge in [-0.3, -0.25) is 4.79 Å². The maximum Gasteiger partial charge on any atom is 0.238 e. The Morgan fingerprint density at radius 1 is 1.29 bits per heavy atom. The van der Waals surface area contributed by atoms with Crippen molar-refractivity contribution >= 4 is 45.3 Å². The molecule has 1 N–H and O–H groups in total. The number of rotatable bonds is 5. The number of benzene rings is 1. The summed E-state index contributed by atoms with van der Waals surface area (Å²) in [4.78, 5) is 16.9. The molecular formula is C17H13N3OS3. The zero-order valence-corrected chi connectivity index (χ0v) is 15.2. The van der Waals surface area contributed by atoms with Crippen LogP contribution in [0, 0.1) is 11.3 Å². The van der Waals surface area contributed by atoms with Crippen molar-refractivity contribution in [3.05, 3.63) is 52.7 Å². The van der Waals surface area contributed by atoms with Crippen LogP contribution in [0.25, 0.3) is 11.3 Å². The summed E-state index contributed by atoms with van der Waals surface area (Å²) in [5, 5.41) is 15.9. The first kappa shape index (κ1) is 16.7. The predicted molar refractivity (Wildman–Crippen MR) is 101 cm³/mol. The van der Waals surface area contributed by atoms with E-state index in [1.165, 1.54) is 34.4 Å². The molecule has 2 aromatic heterocycles. The summed E-state index contributed by atoms with van der Waals surface area (Å²) >= 11 is 4.30. The number of hydrogen-bond acceptors (Lipinski definition) is 6. The highest BCUT2D eigenvalue weighted by Gasteiger charge is 2.18. The van der Waals surface area contributed by atoms with E-state index in [1.54, 1.807) is 11.4 Å². The maximum atomic E-state index is 12.3. The second-order valence-electron chi connectivity index (χ2n) is 4.89. The monoisotopic (exact) mass is 371 g/mol. The van der Waals surface area contributed by atoms with Gasteiger partial charge in [-0.1, -0.05) is 42.1 Å². The number of thioether (sulfide) groups is 1. The zero-order valence-electron chi connectivity index (χ0n) is 12.7. The van der Waals surface area contributed by atoms with Crippen molar-refractivity contribution in [3.8, 4) is 17.3 Å². The normalized spacial score (nSPS) is 11.7. The average molecular weight is 372 g/mol. The van der Waals surface area contributed by atoms with Gasteiger partial charge in [0.25, 0.3) is 0 Å². The highest BCUT2D eigenvalue weighted by molar-refractivity contribution is 8.02. The standard InChI is InChI=1S/C17H13N3OS3/c1-11(15(21)20-16-13(9-18)7-8-22-16)24-17-19-14(10-23-17)12-5-3-2-4-6-12/h2-8,10-11H,1H3,(H,20,21)/t11-/m1/s1. The lowest BCUT2D eigenvalue weighted by molar-refractivity contribution is -0.115. The van der Waals surface area contributed by atoms with Crippen LogP contribution in [-0.2, 0) is 4.79 Å². The van der Waals surface area contributed by atoms with Crippen LogP contribution in [0.5, 0.6) is 0 Å². The van der Waals surface area contributed by atoms with Gasteiger partial charge in [-0.15, -0.1) is 22.7 Å². The topological polar surface area (TPSA) is 65.8 Å². The summed E-state index contributed by atoms with van der Waals surface area (Å²) in [7, 11) is 0. The van der Waals surface area contributed by atoms with Gasteiger partial charge < -0.3 is 5.32 Å². The molecule has 1 aromatic carbocycles. The van der Waals surface area contributed by atoms with Gasteiger partial charge >= 0.3 is 0 Å². The van der Waals surface area contributed by atoms with Gasteiger partial charge in [-0.2, -0.15) is 5.26 Å². The average Bonchev–Trinajstić information content (AvgIpc) is 3.24. The highest BCUT2D eigenvalue weighted by Crippen LogP contribution is 2.31. The lowest BCUT2D eigenvalue weighted by Crippen LogP contribution is -2.22. The molecule has 0 fully saturated rings. The summed E-state index contributed by atoms with van der Waals surface area (Å²) in [5.74, 6) is -0.129. The Morgan fingerprint density at radius 2 is 2.08 bits per heavy atom. The van der Waals surface area contributed by atoms with Crippen LogP contribution in [0.2, 0.25) is 0 Å². The lowest BCUT2D eigenvalue weighted by Gasteiger charge is -2.09. The van der Waals surface area contributed by atoms with E-state index < -0.39 is 0 Å². The zero-order chi connectivity index (χ0) is 16.9. The van der Waals surface area contributed by atoms with Crippen LogP contribution in [0.1, 0.15) is 12.5 Å². The van der Waals surface area contributed by atoms with E-state index in [4.69, 9.17) is 5.26 Å². The number of anilines is 1. The lowest BCUT2D eigenvalue weighted by atomic mass is 10.2. The van der Waals surface area contributed by atoms with Gasteiger partial charge in [-0.25, -0.2) is 4.98 Å². The Kier molecular flexibility index (Phi) is 5.30. The molecule has 0 spiro atoms. The van der Waals surface area contributed by atoms with Crippen molar-refractivity contribution < 1.29 is 4.79 Å². The van der Waals surface area contributed by atoms with E-state index in [1.807, 2.05) is 42.6 Å². The van der Waals surface area contributed by atoms with Crippen LogP contribution in [-0.4, -0.2) is 16.1 Å². The summed E-state index contributed by atoms with van der Waals surface area (Å²) < 4.78 is 0.850. The van der Waals surface area contributed by atoms with Crippen molar-refractivity contribution in [3.63, 3.8) is 0 Å². The van der Waals surface area contributed by atoms with Crippen LogP contribution >= 0.6 is 34.4 Å². The molecule has 0 unspecified atom stereocenters. The van der Waals surface area contributed by atoms with Gasteiger partial charge in [0.1, 0.15) is 11.1 Å². The molecule has 0 saturated carbocycles. The van der Waals surface area contributed by atoms with Crippen molar-refractivity contribution in [2.45, 2.75) is 16.5 Å². The molecule has 120 valence electrons. The molecule has 0 bridgehead atoms. The third-order valence-corrected chi connectivity index (χ3v) is 6.12. The molecular weight excluding hydrogens is 358 g/mol. The van der Waals surface area contributed by atoms with Crippen LogP contribution in [0.4, 0.5) is 5.00 Å². The van der Waals surface area contributed by atoms with Gasteiger partial charge in [0.15, 0.2) is 4.34 Å². The minimum atomic E-state index is -0.298. The van der Waals surface area contributed by atoms with E-state index >= 15 is 0 Å². The van der Waals surface area contributed by atoms with Crippen molar-refractivity contribution in [2.75, 3.05) is 5.32 Å². The number of thiophene rings is 1. The van der Waals surface area contributed by atoms with E-state index in [0.717, 1.165) is 15.6 Å². The highest BCUT2D eigenvalue weighted by atomic mass is 32.2. The number of carbonyl (C=O) groups is 1. The number of amides is 1. The quantitative estimate of drug-likeness (QED) is 0.650. The number of hydrogen-bond donors (Lipinski definition) is 1. The van der Waals surface area contributed by atoms with Crippen molar-refractivity contribution in [2.24, 2.45) is 0 Å². The van der Waals surface area contributed by atoms with Crippen LogP contribution < -0.4 is 5.32 Å². The SMILES string of the molecule is C[C@@H](Sc1nc(-c2ccccc2)cs1)C(=O)Nc1sccc1C#N. The molecule has 0 radical (unpaired) electrons. The number of thiazole rings is 1. The molecule has 1 atom stereocenters. The van der Waals surface area contributed by atoms with E-state index in [2.05, 4.69) is 16.4 Å². The number of nitriles is 1. The van der Waals surface area contributed by atoms with E-state index in [0.29, 0.717) is 10.6 Å².